The SMILES string of the molecule is CCCCOC1C(OCCCCCc2ccccc2)OC(COC(C)=O)[C@@H](O[C@@H]2OC(C(C)=O)[C@H](C)[C@@H](OC)C2OC(=O)c2ccccc2)[C@@H]1C. The molecule has 282 valence electrons. The van der Waals surface area contributed by atoms with Gasteiger partial charge in [0.2, 0.25) is 0 Å². The maximum Gasteiger partial charge on any atom is 0.338 e. The molecule has 0 radical (unpaired) electrons. The van der Waals surface area contributed by atoms with Crippen molar-refractivity contribution in [3.8, 4) is 0 Å². The predicted molar refractivity (Wildman–Crippen MR) is 189 cm³/mol. The number of hydrogen-bond donors (Lipinski definition) is 0. The maximum absolute atomic E-state index is 13.3. The second kappa shape index (κ2) is 20.7. The second-order valence-electron chi connectivity index (χ2n) is 13.5. The third-order valence-electron chi connectivity index (χ3n) is 9.56. The molecule has 11 nitrogen and oxygen atoms in total. The minimum absolute atomic E-state index is 0.121. The lowest BCUT2D eigenvalue weighted by molar-refractivity contribution is -0.347. The average molecular weight is 713 g/mol. The van der Waals surface area contributed by atoms with E-state index < -0.39 is 67.1 Å². The first-order chi connectivity index (χ1) is 24.6. The summed E-state index contributed by atoms with van der Waals surface area (Å²) in [5.74, 6) is -2.09. The lowest BCUT2D eigenvalue weighted by atomic mass is 9.87. The first-order valence-corrected chi connectivity index (χ1v) is 18.3. The Hall–Kier alpha value is -3.19. The average Bonchev–Trinajstić information content (AvgIpc) is 3.12. The van der Waals surface area contributed by atoms with Crippen LogP contribution in [-0.2, 0) is 53.9 Å². The third-order valence-corrected chi connectivity index (χ3v) is 9.56. The van der Waals surface area contributed by atoms with E-state index in [4.69, 9.17) is 37.9 Å². The molecule has 11 heteroatoms. The monoisotopic (exact) mass is 712 g/mol. The summed E-state index contributed by atoms with van der Waals surface area (Å²) in [6, 6.07) is 19.0. The van der Waals surface area contributed by atoms with Crippen molar-refractivity contribution in [1.82, 2.24) is 0 Å². The van der Waals surface area contributed by atoms with Gasteiger partial charge in [-0.1, -0.05) is 82.1 Å². The molecule has 0 amide bonds. The number of rotatable bonds is 19. The van der Waals surface area contributed by atoms with Crippen molar-refractivity contribution < 1.29 is 52.3 Å². The summed E-state index contributed by atoms with van der Waals surface area (Å²) >= 11 is 0. The summed E-state index contributed by atoms with van der Waals surface area (Å²) in [6.45, 7) is 9.47. The predicted octanol–water partition coefficient (Wildman–Crippen LogP) is 6.10. The fraction of sp³-hybridized carbons (Fsp3) is 0.625. The molecule has 2 aliphatic rings. The normalized spacial score (nSPS) is 29.3. The van der Waals surface area contributed by atoms with Gasteiger partial charge in [-0.3, -0.25) is 9.59 Å². The quantitative estimate of drug-likeness (QED) is 0.124. The Morgan fingerprint density at radius 1 is 0.725 bits per heavy atom. The Labute approximate surface area is 302 Å². The third kappa shape index (κ3) is 11.7. The maximum atomic E-state index is 13.3. The van der Waals surface area contributed by atoms with Crippen LogP contribution in [0.3, 0.4) is 0 Å². The molecule has 0 spiro atoms. The Morgan fingerprint density at radius 2 is 1.41 bits per heavy atom. The van der Waals surface area contributed by atoms with Crippen LogP contribution in [-0.4, -0.2) is 93.9 Å². The van der Waals surface area contributed by atoms with Crippen LogP contribution < -0.4 is 0 Å². The molecule has 2 aromatic rings. The summed E-state index contributed by atoms with van der Waals surface area (Å²) in [5.41, 5.74) is 1.66. The van der Waals surface area contributed by atoms with E-state index >= 15 is 0 Å². The first-order valence-electron chi connectivity index (χ1n) is 18.3. The molecular weight excluding hydrogens is 656 g/mol. The highest BCUT2D eigenvalue weighted by molar-refractivity contribution is 5.89. The van der Waals surface area contributed by atoms with Gasteiger partial charge in [-0.25, -0.2) is 4.79 Å². The van der Waals surface area contributed by atoms with Gasteiger partial charge < -0.3 is 37.9 Å². The fourth-order valence-corrected chi connectivity index (χ4v) is 6.77. The van der Waals surface area contributed by atoms with Crippen molar-refractivity contribution >= 4 is 17.7 Å². The number of carbonyl (C=O) groups is 3. The van der Waals surface area contributed by atoms with Gasteiger partial charge in [-0.2, -0.15) is 0 Å². The Balaban J connectivity index is 1.54. The molecular formula is C40H56O11. The van der Waals surface area contributed by atoms with Gasteiger partial charge in [0.15, 0.2) is 24.5 Å². The van der Waals surface area contributed by atoms with Crippen molar-refractivity contribution in [2.45, 2.75) is 122 Å². The molecule has 0 saturated carbocycles. The van der Waals surface area contributed by atoms with Crippen LogP contribution in [0.5, 0.6) is 0 Å². The van der Waals surface area contributed by atoms with Crippen molar-refractivity contribution in [3.05, 3.63) is 71.8 Å². The molecule has 2 aliphatic heterocycles. The number of ether oxygens (including phenoxy) is 8. The number of methoxy groups -OCH3 is 1. The summed E-state index contributed by atoms with van der Waals surface area (Å²) in [5, 5.41) is 0. The molecule has 0 aliphatic carbocycles. The van der Waals surface area contributed by atoms with Gasteiger partial charge in [0.25, 0.3) is 0 Å². The van der Waals surface area contributed by atoms with Gasteiger partial charge in [0.05, 0.1) is 11.7 Å². The van der Waals surface area contributed by atoms with Crippen LogP contribution in [0, 0.1) is 11.8 Å². The van der Waals surface area contributed by atoms with E-state index in [1.807, 2.05) is 19.9 Å². The van der Waals surface area contributed by atoms with E-state index in [0.717, 1.165) is 38.5 Å². The second-order valence-corrected chi connectivity index (χ2v) is 13.5. The number of esters is 2. The Kier molecular flexibility index (Phi) is 16.5. The number of ketones is 1. The number of hydrogen-bond acceptors (Lipinski definition) is 11. The minimum Gasteiger partial charge on any atom is -0.463 e. The molecule has 2 fully saturated rings. The van der Waals surface area contributed by atoms with E-state index in [1.54, 1.807) is 30.3 Å². The van der Waals surface area contributed by atoms with Crippen LogP contribution in [0.25, 0.3) is 0 Å². The molecule has 51 heavy (non-hydrogen) atoms. The Morgan fingerprint density at radius 3 is 2.06 bits per heavy atom. The minimum atomic E-state index is -1.22. The highest BCUT2D eigenvalue weighted by Crippen LogP contribution is 2.37. The molecule has 2 saturated heterocycles. The first kappa shape index (κ1) is 40.6. The zero-order valence-electron chi connectivity index (χ0n) is 30.9. The van der Waals surface area contributed by atoms with Gasteiger partial charge in [-0.15, -0.1) is 0 Å². The molecule has 0 aromatic heterocycles. The highest BCUT2D eigenvalue weighted by atomic mass is 16.7. The fourth-order valence-electron chi connectivity index (χ4n) is 6.77. The number of unbranched alkanes of at least 4 members (excludes halogenated alkanes) is 3. The van der Waals surface area contributed by atoms with Gasteiger partial charge in [0, 0.05) is 39.1 Å². The summed E-state index contributed by atoms with van der Waals surface area (Å²) in [7, 11) is 1.50. The zero-order chi connectivity index (χ0) is 36.8. The molecule has 2 aromatic carbocycles. The van der Waals surface area contributed by atoms with Gasteiger partial charge in [-0.05, 0) is 50.3 Å². The highest BCUT2D eigenvalue weighted by Gasteiger charge is 2.53. The van der Waals surface area contributed by atoms with E-state index in [-0.39, 0.29) is 18.3 Å². The lowest BCUT2D eigenvalue weighted by Crippen LogP contribution is -2.63. The smallest absolute Gasteiger partial charge is 0.338 e. The lowest BCUT2D eigenvalue weighted by Gasteiger charge is -2.49. The molecule has 10 atom stereocenters. The summed E-state index contributed by atoms with van der Waals surface area (Å²) in [4.78, 5) is 38.1. The van der Waals surface area contributed by atoms with E-state index in [0.29, 0.717) is 18.8 Å². The number of carbonyl (C=O) groups excluding carboxylic acids is 3. The topological polar surface area (TPSA) is 125 Å². The van der Waals surface area contributed by atoms with E-state index in [2.05, 4.69) is 31.2 Å². The molecule has 5 unspecified atom stereocenters. The largest absolute Gasteiger partial charge is 0.463 e. The molecule has 4 rings (SSSR count). The van der Waals surface area contributed by atoms with Crippen LogP contribution in [0.15, 0.2) is 60.7 Å². The van der Waals surface area contributed by atoms with Gasteiger partial charge in [0.1, 0.15) is 31.0 Å². The van der Waals surface area contributed by atoms with Crippen molar-refractivity contribution in [3.63, 3.8) is 0 Å². The summed E-state index contributed by atoms with van der Waals surface area (Å²) in [6.07, 6.45) is -1.07. The summed E-state index contributed by atoms with van der Waals surface area (Å²) < 4.78 is 49.6. The molecule has 0 bridgehead atoms. The number of Topliss-reactive ketones (excluding diaryl/α,β-unsaturated/α-hetero) is 1. The molecule has 2 heterocycles. The van der Waals surface area contributed by atoms with Crippen molar-refractivity contribution in [2.24, 2.45) is 11.8 Å². The number of aryl methyl sites for hydroxylation is 1. The number of benzene rings is 2. The van der Waals surface area contributed by atoms with E-state index in [1.165, 1.54) is 26.5 Å². The van der Waals surface area contributed by atoms with Crippen LogP contribution in [0.1, 0.15) is 82.6 Å². The van der Waals surface area contributed by atoms with Crippen molar-refractivity contribution in [1.29, 1.82) is 0 Å². The zero-order valence-corrected chi connectivity index (χ0v) is 30.9. The van der Waals surface area contributed by atoms with Crippen LogP contribution in [0.2, 0.25) is 0 Å². The van der Waals surface area contributed by atoms with Crippen LogP contribution >= 0.6 is 0 Å². The molecule has 0 N–H and O–H groups in total. The standard InChI is InChI=1S/C40H56O11/c1-7-8-23-45-36-27(3)34(32(25-47-29(5)42)48-39(36)46-24-17-11-14-20-30-18-12-9-13-19-30)51-40-37(49-38(43)31-21-15-10-16-22-31)35(44-6)26(2)33(50-40)28(4)41/h9-10,12-13,15-16,18-19,21-22,26-27,32-37,39-40H,7-8,11,14,17,20,23-25H2,1-6H3/t26-,27-,32?,33?,34-,35+,36?,37?,39?,40-/m0/s1. The van der Waals surface area contributed by atoms with Crippen molar-refractivity contribution in [2.75, 3.05) is 26.9 Å². The van der Waals surface area contributed by atoms with Crippen LogP contribution in [0.4, 0.5) is 0 Å². The Bertz CT molecular complexity index is 1340. The van der Waals surface area contributed by atoms with E-state index in [9.17, 15) is 14.4 Å². The van der Waals surface area contributed by atoms with Gasteiger partial charge >= 0.3 is 11.9 Å².